The monoisotopic (exact) mass is 360 g/mol. The van der Waals surface area contributed by atoms with Crippen LogP contribution in [0.2, 0.25) is 0 Å². The maximum absolute atomic E-state index is 12.3. The lowest BCUT2D eigenvalue weighted by molar-refractivity contribution is -0.114. The lowest BCUT2D eigenvalue weighted by Gasteiger charge is -2.22. The third kappa shape index (κ3) is 5.32. The van der Waals surface area contributed by atoms with Crippen LogP contribution in [0.15, 0.2) is 48.5 Å². The van der Waals surface area contributed by atoms with E-state index in [-0.39, 0.29) is 12.5 Å². The SMILES string of the molecule is Cc1cccc(N(CC(=O)Nc2ccc(C(C)C)cc2)S(C)(=O)=O)c1. The predicted molar refractivity (Wildman–Crippen MR) is 103 cm³/mol. The molecule has 0 aliphatic rings. The first-order chi connectivity index (χ1) is 11.7. The molecule has 6 heteroatoms. The number of aryl methyl sites for hydroxylation is 1. The highest BCUT2D eigenvalue weighted by atomic mass is 32.2. The minimum absolute atomic E-state index is 0.270. The molecule has 2 aromatic carbocycles. The van der Waals surface area contributed by atoms with Crippen LogP contribution in [0.4, 0.5) is 11.4 Å². The topological polar surface area (TPSA) is 66.5 Å². The number of nitrogens with zero attached hydrogens (tertiary/aromatic N) is 1. The van der Waals surface area contributed by atoms with Crippen molar-refractivity contribution in [2.45, 2.75) is 26.7 Å². The van der Waals surface area contributed by atoms with E-state index >= 15 is 0 Å². The maximum Gasteiger partial charge on any atom is 0.245 e. The molecule has 2 rings (SSSR count). The van der Waals surface area contributed by atoms with Crippen LogP contribution in [-0.4, -0.2) is 27.1 Å². The Kier molecular flexibility index (Phi) is 5.85. The fourth-order valence-corrected chi connectivity index (χ4v) is 3.31. The lowest BCUT2D eigenvalue weighted by atomic mass is 10.0. The first-order valence-corrected chi connectivity index (χ1v) is 9.96. The predicted octanol–water partition coefficient (Wildman–Crippen LogP) is 3.52. The van der Waals surface area contributed by atoms with Crippen molar-refractivity contribution in [3.05, 3.63) is 59.7 Å². The standard InChI is InChI=1S/C19H24N2O3S/c1-14(2)16-8-10-17(11-9-16)20-19(22)13-21(25(4,23)24)18-7-5-6-15(3)12-18/h5-12,14H,13H2,1-4H3,(H,20,22). The molecule has 0 heterocycles. The fraction of sp³-hybridized carbons (Fsp3) is 0.316. The number of anilines is 2. The van der Waals surface area contributed by atoms with Crippen molar-refractivity contribution in [1.82, 2.24) is 0 Å². The molecule has 0 bridgehead atoms. The van der Waals surface area contributed by atoms with E-state index in [2.05, 4.69) is 19.2 Å². The Morgan fingerprint density at radius 3 is 2.28 bits per heavy atom. The molecule has 0 unspecified atom stereocenters. The molecule has 0 aromatic heterocycles. The van der Waals surface area contributed by atoms with Gasteiger partial charge in [-0.2, -0.15) is 0 Å². The number of nitrogens with one attached hydrogen (secondary N) is 1. The molecule has 0 atom stereocenters. The van der Waals surface area contributed by atoms with Crippen LogP contribution in [0.3, 0.4) is 0 Å². The second-order valence-corrected chi connectivity index (χ2v) is 8.34. The summed E-state index contributed by atoms with van der Waals surface area (Å²) in [5.74, 6) is 0.0241. The van der Waals surface area contributed by atoms with Crippen molar-refractivity contribution in [3.63, 3.8) is 0 Å². The van der Waals surface area contributed by atoms with E-state index in [4.69, 9.17) is 0 Å². The van der Waals surface area contributed by atoms with Gasteiger partial charge in [-0.3, -0.25) is 9.10 Å². The molecule has 1 amide bonds. The zero-order valence-corrected chi connectivity index (χ0v) is 15.8. The van der Waals surface area contributed by atoms with E-state index in [1.165, 1.54) is 5.56 Å². The van der Waals surface area contributed by atoms with Crippen LogP contribution in [0, 0.1) is 6.92 Å². The molecular formula is C19H24N2O3S. The Labute approximate surface area is 149 Å². The average Bonchev–Trinajstić information content (AvgIpc) is 2.52. The summed E-state index contributed by atoms with van der Waals surface area (Å²) in [6.45, 7) is 5.80. The highest BCUT2D eigenvalue weighted by Gasteiger charge is 2.21. The third-order valence-corrected chi connectivity index (χ3v) is 4.98. The molecule has 0 radical (unpaired) electrons. The molecule has 0 saturated carbocycles. The van der Waals surface area contributed by atoms with Crippen molar-refractivity contribution < 1.29 is 13.2 Å². The normalized spacial score (nSPS) is 11.4. The van der Waals surface area contributed by atoms with Gasteiger partial charge in [0.2, 0.25) is 15.9 Å². The minimum Gasteiger partial charge on any atom is -0.325 e. The quantitative estimate of drug-likeness (QED) is 0.857. The van der Waals surface area contributed by atoms with E-state index in [1.54, 1.807) is 18.2 Å². The summed E-state index contributed by atoms with van der Waals surface area (Å²) in [4.78, 5) is 12.3. The third-order valence-electron chi connectivity index (χ3n) is 3.84. The van der Waals surface area contributed by atoms with Crippen LogP contribution in [0.25, 0.3) is 0 Å². The molecule has 2 aromatic rings. The Balaban J connectivity index is 2.15. The molecule has 0 aliphatic carbocycles. The number of amides is 1. The van der Waals surface area contributed by atoms with Gasteiger partial charge in [-0.05, 0) is 48.2 Å². The number of benzene rings is 2. The van der Waals surface area contributed by atoms with Gasteiger partial charge in [0.05, 0.1) is 11.9 Å². The Morgan fingerprint density at radius 1 is 1.12 bits per heavy atom. The summed E-state index contributed by atoms with van der Waals surface area (Å²) in [5, 5.41) is 2.75. The van der Waals surface area contributed by atoms with Gasteiger partial charge in [0.1, 0.15) is 6.54 Å². The zero-order valence-electron chi connectivity index (χ0n) is 15.0. The molecule has 134 valence electrons. The van der Waals surface area contributed by atoms with Gasteiger partial charge < -0.3 is 5.32 Å². The van der Waals surface area contributed by atoms with Crippen LogP contribution in [0.5, 0.6) is 0 Å². The lowest BCUT2D eigenvalue weighted by Crippen LogP contribution is -2.37. The summed E-state index contributed by atoms with van der Waals surface area (Å²) >= 11 is 0. The number of carbonyl (C=O) groups excluding carboxylic acids is 1. The maximum atomic E-state index is 12.3. The van der Waals surface area contributed by atoms with Gasteiger partial charge in [-0.1, -0.05) is 38.1 Å². The summed E-state index contributed by atoms with van der Waals surface area (Å²) < 4.78 is 25.3. The van der Waals surface area contributed by atoms with Crippen molar-refractivity contribution in [3.8, 4) is 0 Å². The summed E-state index contributed by atoms with van der Waals surface area (Å²) in [6.07, 6.45) is 1.10. The van der Waals surface area contributed by atoms with E-state index in [1.807, 2.05) is 37.3 Å². The summed E-state index contributed by atoms with van der Waals surface area (Å²) in [7, 11) is -3.57. The van der Waals surface area contributed by atoms with Gasteiger partial charge in [-0.25, -0.2) is 8.42 Å². The molecule has 0 fully saturated rings. The smallest absolute Gasteiger partial charge is 0.245 e. The van der Waals surface area contributed by atoms with E-state index < -0.39 is 10.0 Å². The highest BCUT2D eigenvalue weighted by Crippen LogP contribution is 2.20. The van der Waals surface area contributed by atoms with Crippen molar-refractivity contribution >= 4 is 27.3 Å². The van der Waals surface area contributed by atoms with E-state index in [9.17, 15) is 13.2 Å². The summed E-state index contributed by atoms with van der Waals surface area (Å²) in [5.41, 5.74) is 3.23. The highest BCUT2D eigenvalue weighted by molar-refractivity contribution is 7.92. The molecule has 25 heavy (non-hydrogen) atoms. The second-order valence-electron chi connectivity index (χ2n) is 6.43. The number of rotatable bonds is 6. The number of hydrogen-bond donors (Lipinski definition) is 1. The van der Waals surface area contributed by atoms with Gasteiger partial charge in [0, 0.05) is 5.69 Å². The Hall–Kier alpha value is -2.34. The van der Waals surface area contributed by atoms with Crippen molar-refractivity contribution in [1.29, 1.82) is 0 Å². The molecule has 0 spiro atoms. The first-order valence-electron chi connectivity index (χ1n) is 8.11. The van der Waals surface area contributed by atoms with Crippen LogP contribution >= 0.6 is 0 Å². The van der Waals surface area contributed by atoms with Gasteiger partial charge in [0.15, 0.2) is 0 Å². The minimum atomic E-state index is -3.57. The zero-order chi connectivity index (χ0) is 18.6. The van der Waals surface area contributed by atoms with Crippen LogP contribution < -0.4 is 9.62 Å². The Morgan fingerprint density at radius 2 is 1.76 bits per heavy atom. The molecule has 1 N–H and O–H groups in total. The summed E-state index contributed by atoms with van der Waals surface area (Å²) in [6, 6.07) is 14.6. The van der Waals surface area contributed by atoms with Crippen molar-refractivity contribution in [2.24, 2.45) is 0 Å². The number of hydrogen-bond acceptors (Lipinski definition) is 3. The molecule has 0 saturated heterocycles. The van der Waals surface area contributed by atoms with Gasteiger partial charge in [-0.15, -0.1) is 0 Å². The molecule has 5 nitrogen and oxygen atoms in total. The van der Waals surface area contributed by atoms with Crippen molar-refractivity contribution in [2.75, 3.05) is 22.4 Å². The Bertz CT molecular complexity index is 843. The average molecular weight is 360 g/mol. The molecule has 0 aliphatic heterocycles. The largest absolute Gasteiger partial charge is 0.325 e. The number of sulfonamides is 1. The first kappa shape index (κ1) is 19.0. The fourth-order valence-electron chi connectivity index (χ4n) is 2.47. The van der Waals surface area contributed by atoms with Gasteiger partial charge in [0.25, 0.3) is 0 Å². The van der Waals surface area contributed by atoms with Gasteiger partial charge >= 0.3 is 0 Å². The van der Waals surface area contributed by atoms with Crippen LogP contribution in [-0.2, 0) is 14.8 Å². The van der Waals surface area contributed by atoms with Crippen LogP contribution in [0.1, 0.15) is 30.9 Å². The van der Waals surface area contributed by atoms with E-state index in [0.29, 0.717) is 17.3 Å². The number of carbonyl (C=O) groups is 1. The molecular weight excluding hydrogens is 336 g/mol. The van der Waals surface area contributed by atoms with E-state index in [0.717, 1.165) is 16.1 Å². The second kappa shape index (κ2) is 7.70.